The van der Waals surface area contributed by atoms with Gasteiger partial charge in [-0.15, -0.1) is 0 Å². The number of benzene rings is 2. The van der Waals surface area contributed by atoms with E-state index in [9.17, 15) is 9.59 Å². The lowest BCUT2D eigenvalue weighted by Crippen LogP contribution is -2.24. The zero-order valence-corrected chi connectivity index (χ0v) is 14.8. The van der Waals surface area contributed by atoms with Crippen LogP contribution in [0.15, 0.2) is 48.5 Å². The molecule has 26 heavy (non-hydrogen) atoms. The van der Waals surface area contributed by atoms with Crippen molar-refractivity contribution in [1.29, 1.82) is 0 Å². The molecule has 0 radical (unpaired) electrons. The Balaban J connectivity index is 1.54. The standard InChI is InChI=1S/C20H23N3O3/c1-2-26-18-7-4-3-6-17(18)21-14-19(24)22-15-9-11-16(12-10-15)23-13-5-8-20(23)25/h3-4,6-7,9-12,21H,2,5,8,13-14H2,1H3,(H,22,24). The molecule has 1 saturated heterocycles. The molecule has 1 fully saturated rings. The maximum atomic E-state index is 12.2. The average molecular weight is 353 g/mol. The van der Waals surface area contributed by atoms with Crippen LogP contribution in [0.25, 0.3) is 0 Å². The number of hydrogen-bond acceptors (Lipinski definition) is 4. The van der Waals surface area contributed by atoms with Gasteiger partial charge in [0.15, 0.2) is 0 Å². The number of rotatable bonds is 7. The molecule has 1 aliphatic heterocycles. The monoisotopic (exact) mass is 353 g/mol. The van der Waals surface area contributed by atoms with Crippen LogP contribution in [-0.2, 0) is 9.59 Å². The summed E-state index contributed by atoms with van der Waals surface area (Å²) in [6, 6.07) is 14.9. The molecule has 1 heterocycles. The van der Waals surface area contributed by atoms with Gasteiger partial charge in [-0.05, 0) is 49.7 Å². The number of para-hydroxylation sites is 2. The van der Waals surface area contributed by atoms with Gasteiger partial charge in [0.05, 0.1) is 18.8 Å². The van der Waals surface area contributed by atoms with Crippen molar-refractivity contribution in [2.45, 2.75) is 19.8 Å². The first kappa shape index (κ1) is 17.8. The van der Waals surface area contributed by atoms with Gasteiger partial charge in [0.2, 0.25) is 11.8 Å². The van der Waals surface area contributed by atoms with Gasteiger partial charge in [0.1, 0.15) is 5.75 Å². The summed E-state index contributed by atoms with van der Waals surface area (Å²) >= 11 is 0. The van der Waals surface area contributed by atoms with Crippen LogP contribution in [-0.4, -0.2) is 31.5 Å². The van der Waals surface area contributed by atoms with E-state index in [4.69, 9.17) is 4.74 Å². The SMILES string of the molecule is CCOc1ccccc1NCC(=O)Nc1ccc(N2CCCC2=O)cc1. The van der Waals surface area contributed by atoms with Crippen molar-refractivity contribution >= 4 is 28.9 Å². The largest absolute Gasteiger partial charge is 0.492 e. The third kappa shape index (κ3) is 4.33. The number of amides is 2. The van der Waals surface area contributed by atoms with Crippen molar-refractivity contribution in [1.82, 2.24) is 0 Å². The summed E-state index contributed by atoms with van der Waals surface area (Å²) in [6.07, 6.45) is 1.50. The third-order valence-corrected chi connectivity index (χ3v) is 4.16. The summed E-state index contributed by atoms with van der Waals surface area (Å²) in [5.41, 5.74) is 2.35. The number of nitrogens with one attached hydrogen (secondary N) is 2. The van der Waals surface area contributed by atoms with E-state index >= 15 is 0 Å². The van der Waals surface area contributed by atoms with Crippen LogP contribution in [0.3, 0.4) is 0 Å². The van der Waals surface area contributed by atoms with Crippen molar-refractivity contribution in [3.63, 3.8) is 0 Å². The van der Waals surface area contributed by atoms with E-state index in [0.29, 0.717) is 18.7 Å². The van der Waals surface area contributed by atoms with Crippen molar-refractivity contribution in [2.24, 2.45) is 0 Å². The first-order chi connectivity index (χ1) is 12.7. The third-order valence-electron chi connectivity index (χ3n) is 4.16. The number of ether oxygens (including phenoxy) is 1. The second-order valence-electron chi connectivity index (χ2n) is 6.03. The minimum atomic E-state index is -0.152. The Morgan fingerprint density at radius 2 is 1.92 bits per heavy atom. The first-order valence-electron chi connectivity index (χ1n) is 8.83. The molecule has 0 bridgehead atoms. The highest BCUT2D eigenvalue weighted by Crippen LogP contribution is 2.24. The zero-order chi connectivity index (χ0) is 18.4. The van der Waals surface area contributed by atoms with E-state index in [0.717, 1.165) is 30.1 Å². The quantitative estimate of drug-likeness (QED) is 0.801. The number of anilines is 3. The van der Waals surface area contributed by atoms with E-state index < -0.39 is 0 Å². The number of hydrogen-bond donors (Lipinski definition) is 2. The molecule has 2 N–H and O–H groups in total. The molecule has 0 aromatic heterocycles. The van der Waals surface area contributed by atoms with Crippen LogP contribution in [0.5, 0.6) is 5.75 Å². The van der Waals surface area contributed by atoms with Crippen LogP contribution in [0, 0.1) is 0 Å². The second-order valence-corrected chi connectivity index (χ2v) is 6.03. The van der Waals surface area contributed by atoms with E-state index in [1.54, 1.807) is 4.90 Å². The van der Waals surface area contributed by atoms with Gasteiger partial charge in [0.25, 0.3) is 0 Å². The molecule has 0 spiro atoms. The molecule has 136 valence electrons. The smallest absolute Gasteiger partial charge is 0.243 e. The molecule has 6 nitrogen and oxygen atoms in total. The highest BCUT2D eigenvalue weighted by molar-refractivity contribution is 5.96. The molecule has 3 rings (SSSR count). The zero-order valence-electron chi connectivity index (χ0n) is 14.8. The van der Waals surface area contributed by atoms with Crippen LogP contribution in [0.1, 0.15) is 19.8 Å². The summed E-state index contributed by atoms with van der Waals surface area (Å²) in [5, 5.41) is 5.94. The Morgan fingerprint density at radius 3 is 2.62 bits per heavy atom. The lowest BCUT2D eigenvalue weighted by molar-refractivity contribution is -0.117. The lowest BCUT2D eigenvalue weighted by Gasteiger charge is -2.16. The Morgan fingerprint density at radius 1 is 1.15 bits per heavy atom. The fraction of sp³-hybridized carbons (Fsp3) is 0.300. The topological polar surface area (TPSA) is 70.7 Å². The molecular formula is C20H23N3O3. The Hall–Kier alpha value is -3.02. The van der Waals surface area contributed by atoms with Gasteiger partial charge in [-0.25, -0.2) is 0 Å². The highest BCUT2D eigenvalue weighted by atomic mass is 16.5. The Kier molecular flexibility index (Phi) is 5.73. The molecule has 2 amide bonds. The van der Waals surface area contributed by atoms with E-state index in [1.807, 2.05) is 55.5 Å². The van der Waals surface area contributed by atoms with Crippen LogP contribution >= 0.6 is 0 Å². The minimum absolute atomic E-state index is 0.135. The van der Waals surface area contributed by atoms with Crippen molar-refractivity contribution in [2.75, 3.05) is 35.2 Å². The summed E-state index contributed by atoms with van der Waals surface area (Å²) in [4.78, 5) is 25.7. The van der Waals surface area contributed by atoms with Crippen LogP contribution in [0.2, 0.25) is 0 Å². The molecule has 6 heteroatoms. The van der Waals surface area contributed by atoms with Gasteiger partial charge in [-0.1, -0.05) is 12.1 Å². The average Bonchev–Trinajstić information content (AvgIpc) is 3.08. The number of nitrogens with zero attached hydrogens (tertiary/aromatic N) is 1. The summed E-state index contributed by atoms with van der Waals surface area (Å²) in [6.45, 7) is 3.38. The van der Waals surface area contributed by atoms with Crippen molar-refractivity contribution in [3.05, 3.63) is 48.5 Å². The fourth-order valence-corrected chi connectivity index (χ4v) is 2.92. The summed E-state index contributed by atoms with van der Waals surface area (Å²) in [5.74, 6) is 0.725. The van der Waals surface area contributed by atoms with E-state index in [1.165, 1.54) is 0 Å². The van der Waals surface area contributed by atoms with Gasteiger partial charge >= 0.3 is 0 Å². The molecular weight excluding hydrogens is 330 g/mol. The number of carbonyl (C=O) groups excluding carboxylic acids is 2. The molecule has 0 aliphatic carbocycles. The van der Waals surface area contributed by atoms with Crippen LogP contribution in [0.4, 0.5) is 17.1 Å². The Bertz CT molecular complexity index is 774. The van der Waals surface area contributed by atoms with Gasteiger partial charge in [-0.3, -0.25) is 9.59 Å². The van der Waals surface area contributed by atoms with Gasteiger partial charge < -0.3 is 20.3 Å². The predicted molar refractivity (Wildman–Crippen MR) is 103 cm³/mol. The fourth-order valence-electron chi connectivity index (χ4n) is 2.92. The second kappa shape index (κ2) is 8.38. The number of carbonyl (C=O) groups is 2. The Labute approximate surface area is 153 Å². The maximum absolute atomic E-state index is 12.2. The normalized spacial score (nSPS) is 13.6. The highest BCUT2D eigenvalue weighted by Gasteiger charge is 2.21. The molecule has 2 aromatic carbocycles. The van der Waals surface area contributed by atoms with Crippen molar-refractivity contribution in [3.8, 4) is 5.75 Å². The van der Waals surface area contributed by atoms with Crippen LogP contribution < -0.4 is 20.3 Å². The predicted octanol–water partition coefficient (Wildman–Crippen LogP) is 3.26. The summed E-state index contributed by atoms with van der Waals surface area (Å²) in [7, 11) is 0. The van der Waals surface area contributed by atoms with Gasteiger partial charge in [-0.2, -0.15) is 0 Å². The maximum Gasteiger partial charge on any atom is 0.243 e. The van der Waals surface area contributed by atoms with E-state index in [-0.39, 0.29) is 18.4 Å². The molecule has 0 atom stereocenters. The minimum Gasteiger partial charge on any atom is -0.492 e. The molecule has 0 saturated carbocycles. The summed E-state index contributed by atoms with van der Waals surface area (Å²) < 4.78 is 5.53. The van der Waals surface area contributed by atoms with Crippen molar-refractivity contribution < 1.29 is 14.3 Å². The first-order valence-corrected chi connectivity index (χ1v) is 8.83. The molecule has 2 aromatic rings. The van der Waals surface area contributed by atoms with E-state index in [2.05, 4.69) is 10.6 Å². The lowest BCUT2D eigenvalue weighted by atomic mass is 10.2. The van der Waals surface area contributed by atoms with Gasteiger partial charge in [0, 0.05) is 24.3 Å². The molecule has 0 unspecified atom stereocenters. The molecule has 1 aliphatic rings.